The molecule has 15 heavy (non-hydrogen) atoms. The first-order chi connectivity index (χ1) is 7.29. The van der Waals surface area contributed by atoms with Crippen LogP contribution < -0.4 is 5.73 Å². The van der Waals surface area contributed by atoms with Crippen LogP contribution in [0.15, 0.2) is 18.5 Å². The Bertz CT molecular complexity index is 392. The summed E-state index contributed by atoms with van der Waals surface area (Å²) < 4.78 is 1.67. The Labute approximate surface area is 91.1 Å². The first-order valence-corrected chi connectivity index (χ1v) is 5.34. The lowest BCUT2D eigenvalue weighted by molar-refractivity contribution is 0.917. The van der Waals surface area contributed by atoms with Crippen LogP contribution in [-0.4, -0.2) is 14.6 Å². The molecule has 2 N–H and O–H groups in total. The highest BCUT2D eigenvalue weighted by molar-refractivity contribution is 5.66. The van der Waals surface area contributed by atoms with Gasteiger partial charge in [-0.25, -0.2) is 9.50 Å². The molecule has 0 aliphatic rings. The van der Waals surface area contributed by atoms with Crippen LogP contribution in [-0.2, 0) is 0 Å². The Morgan fingerprint density at radius 2 is 1.80 bits per heavy atom. The van der Waals surface area contributed by atoms with Crippen LogP contribution in [0.4, 0.5) is 5.69 Å². The third-order valence-corrected chi connectivity index (χ3v) is 1.62. The average molecular weight is 208 g/mol. The van der Waals surface area contributed by atoms with E-state index in [1.165, 1.54) is 0 Å². The lowest BCUT2D eigenvalue weighted by Gasteiger charge is -1.88. The molecule has 0 bridgehead atoms. The van der Waals surface area contributed by atoms with Gasteiger partial charge in [0.25, 0.3) is 0 Å². The zero-order valence-corrected chi connectivity index (χ0v) is 10.2. The number of nitrogens with zero attached hydrogens (tertiary/aromatic N) is 3. The Morgan fingerprint density at radius 1 is 1.20 bits per heavy atom. The van der Waals surface area contributed by atoms with Crippen molar-refractivity contribution in [2.75, 3.05) is 5.73 Å². The first kappa shape index (κ1) is 13.4. The van der Waals surface area contributed by atoms with E-state index in [9.17, 15) is 0 Å². The molecule has 0 aliphatic carbocycles. The molecule has 2 heterocycles. The summed E-state index contributed by atoms with van der Waals surface area (Å²) in [6, 6.07) is 1.82. The quantitative estimate of drug-likeness (QED) is 0.724. The van der Waals surface area contributed by atoms with Gasteiger partial charge in [0.1, 0.15) is 5.69 Å². The predicted octanol–water partition coefficient (Wildman–Crippen LogP) is 2.67. The summed E-state index contributed by atoms with van der Waals surface area (Å²) in [6.07, 6.45) is 3.53. The molecule has 0 fully saturated rings. The van der Waals surface area contributed by atoms with Crippen molar-refractivity contribution in [2.45, 2.75) is 34.6 Å². The van der Waals surface area contributed by atoms with Crippen molar-refractivity contribution in [1.29, 1.82) is 0 Å². The molecule has 0 aromatic carbocycles. The van der Waals surface area contributed by atoms with E-state index < -0.39 is 0 Å². The summed E-state index contributed by atoms with van der Waals surface area (Å²) in [4.78, 5) is 4.08. The van der Waals surface area contributed by atoms with Crippen LogP contribution in [0.5, 0.6) is 0 Å². The Morgan fingerprint density at radius 3 is 2.33 bits per heavy atom. The molecule has 2 aromatic heterocycles. The maximum atomic E-state index is 5.69. The highest BCUT2D eigenvalue weighted by Crippen LogP contribution is 2.13. The van der Waals surface area contributed by atoms with Crippen molar-refractivity contribution in [3.8, 4) is 0 Å². The third kappa shape index (κ3) is 2.94. The second-order valence-corrected chi connectivity index (χ2v) is 2.39. The summed E-state index contributed by atoms with van der Waals surface area (Å²) in [5.41, 5.74) is 7.90. The van der Waals surface area contributed by atoms with Gasteiger partial charge in [0.05, 0.1) is 5.69 Å². The van der Waals surface area contributed by atoms with Crippen LogP contribution in [0.3, 0.4) is 0 Å². The van der Waals surface area contributed by atoms with Crippen molar-refractivity contribution < 1.29 is 0 Å². The zero-order valence-electron chi connectivity index (χ0n) is 10.2. The molecule has 2 aromatic rings. The van der Waals surface area contributed by atoms with Crippen molar-refractivity contribution in [3.63, 3.8) is 0 Å². The van der Waals surface area contributed by atoms with E-state index in [0.717, 1.165) is 11.3 Å². The lowest BCUT2D eigenvalue weighted by Crippen LogP contribution is -1.89. The molecule has 0 atom stereocenters. The van der Waals surface area contributed by atoms with Gasteiger partial charge < -0.3 is 5.73 Å². The number of aryl methyl sites for hydroxylation is 1. The van der Waals surface area contributed by atoms with Gasteiger partial charge in [-0.05, 0) is 13.0 Å². The average Bonchev–Trinajstić information content (AvgIpc) is 2.61. The molecule has 4 nitrogen and oxygen atoms in total. The third-order valence-electron chi connectivity index (χ3n) is 1.62. The van der Waals surface area contributed by atoms with E-state index in [4.69, 9.17) is 5.73 Å². The molecular formula is C11H20N4. The van der Waals surface area contributed by atoms with E-state index in [2.05, 4.69) is 10.1 Å². The van der Waals surface area contributed by atoms with Gasteiger partial charge in [0.15, 0.2) is 5.65 Å². The second-order valence-electron chi connectivity index (χ2n) is 2.39. The summed E-state index contributed by atoms with van der Waals surface area (Å²) in [5, 5.41) is 4.14. The number of fused-ring (bicyclic) bond motifs is 1. The molecule has 0 amide bonds. The minimum Gasteiger partial charge on any atom is -0.394 e. The SMILES string of the molecule is CC.CC.Cc1nn2cccnc2c1N. The van der Waals surface area contributed by atoms with Crippen molar-refractivity contribution in [3.05, 3.63) is 24.2 Å². The number of hydrogen-bond donors (Lipinski definition) is 1. The van der Waals surface area contributed by atoms with E-state index in [1.807, 2.05) is 46.9 Å². The highest BCUT2D eigenvalue weighted by atomic mass is 15.3. The molecular weight excluding hydrogens is 188 g/mol. The first-order valence-electron chi connectivity index (χ1n) is 5.34. The standard InChI is InChI=1S/C7H8N4.2C2H6/c1-5-6(8)7-9-3-2-4-11(7)10-5;2*1-2/h2-4H,8H2,1H3;2*1-2H3. The lowest BCUT2D eigenvalue weighted by atomic mass is 10.4. The maximum absolute atomic E-state index is 5.69. The maximum Gasteiger partial charge on any atom is 0.178 e. The topological polar surface area (TPSA) is 56.2 Å². The van der Waals surface area contributed by atoms with E-state index in [1.54, 1.807) is 10.7 Å². The Balaban J connectivity index is 0.000000442. The van der Waals surface area contributed by atoms with E-state index in [-0.39, 0.29) is 0 Å². The van der Waals surface area contributed by atoms with Crippen LogP contribution in [0.1, 0.15) is 33.4 Å². The molecule has 0 saturated heterocycles. The summed E-state index contributed by atoms with van der Waals surface area (Å²) in [5.74, 6) is 0. The van der Waals surface area contributed by atoms with Crippen LogP contribution in [0.2, 0.25) is 0 Å². The number of anilines is 1. The van der Waals surface area contributed by atoms with Crippen LogP contribution in [0.25, 0.3) is 5.65 Å². The van der Waals surface area contributed by atoms with Gasteiger partial charge in [-0.1, -0.05) is 27.7 Å². The Hall–Kier alpha value is -1.58. The van der Waals surface area contributed by atoms with E-state index >= 15 is 0 Å². The molecule has 0 spiro atoms. The minimum absolute atomic E-state index is 0.658. The van der Waals surface area contributed by atoms with Gasteiger partial charge in [0.2, 0.25) is 0 Å². The number of aromatic nitrogens is 3. The fourth-order valence-corrected chi connectivity index (χ4v) is 1.01. The van der Waals surface area contributed by atoms with Crippen molar-refractivity contribution in [1.82, 2.24) is 14.6 Å². The minimum atomic E-state index is 0.658. The fraction of sp³-hybridized carbons (Fsp3) is 0.455. The normalized spacial score (nSPS) is 8.60. The van der Waals surface area contributed by atoms with Gasteiger partial charge >= 0.3 is 0 Å². The summed E-state index contributed by atoms with van der Waals surface area (Å²) >= 11 is 0. The smallest absolute Gasteiger partial charge is 0.178 e. The number of hydrogen-bond acceptors (Lipinski definition) is 3. The van der Waals surface area contributed by atoms with Crippen molar-refractivity contribution in [2.24, 2.45) is 0 Å². The van der Waals surface area contributed by atoms with E-state index in [0.29, 0.717) is 5.69 Å². The van der Waals surface area contributed by atoms with Gasteiger partial charge in [-0.15, -0.1) is 0 Å². The number of nitrogens with two attached hydrogens (primary N) is 1. The highest BCUT2D eigenvalue weighted by Gasteiger charge is 2.03. The van der Waals surface area contributed by atoms with Gasteiger partial charge in [0, 0.05) is 12.4 Å². The number of rotatable bonds is 0. The summed E-state index contributed by atoms with van der Waals surface area (Å²) in [7, 11) is 0. The monoisotopic (exact) mass is 208 g/mol. The van der Waals surface area contributed by atoms with Crippen LogP contribution in [0, 0.1) is 6.92 Å². The molecule has 0 radical (unpaired) electrons. The molecule has 0 unspecified atom stereocenters. The summed E-state index contributed by atoms with van der Waals surface area (Å²) in [6.45, 7) is 9.87. The molecule has 2 rings (SSSR count). The van der Waals surface area contributed by atoms with Gasteiger partial charge in [-0.2, -0.15) is 5.10 Å². The fourth-order valence-electron chi connectivity index (χ4n) is 1.01. The molecule has 0 aliphatic heterocycles. The Kier molecular flexibility index (Phi) is 6.09. The second kappa shape index (κ2) is 6.81. The molecule has 4 heteroatoms. The predicted molar refractivity (Wildman–Crippen MR) is 64.8 cm³/mol. The van der Waals surface area contributed by atoms with Crippen molar-refractivity contribution >= 4 is 11.3 Å². The largest absolute Gasteiger partial charge is 0.394 e. The zero-order chi connectivity index (χ0) is 11.8. The van der Waals surface area contributed by atoms with Gasteiger partial charge in [-0.3, -0.25) is 0 Å². The number of nitrogen functional groups attached to an aromatic ring is 1. The molecule has 84 valence electrons. The molecule has 0 saturated carbocycles. The van der Waals surface area contributed by atoms with Crippen LogP contribution >= 0.6 is 0 Å².